The predicted molar refractivity (Wildman–Crippen MR) is 154 cm³/mol. The molecule has 2 amide bonds. The van der Waals surface area contributed by atoms with Crippen LogP contribution in [0.25, 0.3) is 0 Å². The molecule has 3 rings (SSSR count). The lowest BCUT2D eigenvalue weighted by atomic mass is 9.86. The van der Waals surface area contributed by atoms with E-state index >= 15 is 0 Å². The van der Waals surface area contributed by atoms with Crippen LogP contribution in [-0.4, -0.2) is 34.9 Å². The van der Waals surface area contributed by atoms with Crippen LogP contribution in [0.15, 0.2) is 78.9 Å². The first kappa shape index (κ1) is 29.0. The fourth-order valence-corrected chi connectivity index (χ4v) is 4.45. The van der Waals surface area contributed by atoms with Crippen LogP contribution < -0.4 is 10.1 Å². The van der Waals surface area contributed by atoms with E-state index in [9.17, 15) is 9.59 Å². The number of benzene rings is 3. The number of hydrogen-bond donors (Lipinski definition) is 1. The monoisotopic (exact) mass is 514 g/mol. The lowest BCUT2D eigenvalue weighted by Crippen LogP contribution is -2.55. The van der Waals surface area contributed by atoms with Crippen LogP contribution in [0.1, 0.15) is 63.8 Å². The number of nitrogens with zero attached hydrogens (tertiary/aromatic N) is 1. The number of hydrogen-bond acceptors (Lipinski definition) is 3. The van der Waals surface area contributed by atoms with Crippen molar-refractivity contribution in [1.29, 1.82) is 0 Å². The lowest BCUT2D eigenvalue weighted by molar-refractivity contribution is -0.143. The third kappa shape index (κ3) is 8.47. The van der Waals surface area contributed by atoms with Gasteiger partial charge in [0.15, 0.2) is 6.61 Å². The highest BCUT2D eigenvalue weighted by Crippen LogP contribution is 2.31. The highest BCUT2D eigenvalue weighted by Gasteiger charge is 2.32. The van der Waals surface area contributed by atoms with Crippen molar-refractivity contribution in [1.82, 2.24) is 10.2 Å². The minimum atomic E-state index is -0.703. The second-order valence-corrected chi connectivity index (χ2v) is 12.0. The maximum Gasteiger partial charge on any atom is 0.261 e. The molecule has 0 bridgehead atoms. The van der Waals surface area contributed by atoms with Crippen molar-refractivity contribution in [2.45, 2.75) is 78.4 Å². The molecule has 0 aliphatic heterocycles. The van der Waals surface area contributed by atoms with Gasteiger partial charge >= 0.3 is 0 Å². The smallest absolute Gasteiger partial charge is 0.261 e. The topological polar surface area (TPSA) is 58.6 Å². The summed E-state index contributed by atoms with van der Waals surface area (Å²) < 4.78 is 6.13. The van der Waals surface area contributed by atoms with Gasteiger partial charge in [-0.05, 0) is 55.9 Å². The first-order valence-electron chi connectivity index (χ1n) is 13.3. The van der Waals surface area contributed by atoms with Crippen molar-refractivity contribution >= 4 is 11.8 Å². The molecule has 1 atom stereocenters. The summed E-state index contributed by atoms with van der Waals surface area (Å²) >= 11 is 0. The fraction of sp³-hybridized carbons (Fsp3) is 0.394. The quantitative estimate of drug-likeness (QED) is 0.368. The molecule has 0 spiro atoms. The highest BCUT2D eigenvalue weighted by atomic mass is 16.5. The number of ether oxygens (including phenoxy) is 1. The molecule has 38 heavy (non-hydrogen) atoms. The lowest BCUT2D eigenvalue weighted by Gasteiger charge is -2.34. The number of carbonyl (C=O) groups excluding carboxylic acids is 2. The summed E-state index contributed by atoms with van der Waals surface area (Å²) in [5, 5.41) is 3.10. The van der Waals surface area contributed by atoms with Crippen LogP contribution in [0.4, 0.5) is 0 Å². The van der Waals surface area contributed by atoms with Gasteiger partial charge in [-0.25, -0.2) is 0 Å². The van der Waals surface area contributed by atoms with Crippen molar-refractivity contribution in [2.24, 2.45) is 0 Å². The highest BCUT2D eigenvalue weighted by molar-refractivity contribution is 5.89. The molecule has 0 saturated carbocycles. The van der Waals surface area contributed by atoms with Gasteiger partial charge in [-0.15, -0.1) is 0 Å². The van der Waals surface area contributed by atoms with Gasteiger partial charge in [0.1, 0.15) is 11.8 Å². The normalized spacial score (nSPS) is 12.5. The largest absolute Gasteiger partial charge is 0.483 e. The van der Waals surface area contributed by atoms with Crippen LogP contribution in [0, 0.1) is 6.92 Å². The molecule has 0 heterocycles. The van der Waals surface area contributed by atoms with E-state index in [2.05, 4.69) is 32.2 Å². The second kappa shape index (κ2) is 12.3. The maximum atomic E-state index is 13.9. The van der Waals surface area contributed by atoms with Crippen molar-refractivity contribution < 1.29 is 14.3 Å². The van der Waals surface area contributed by atoms with Crippen LogP contribution >= 0.6 is 0 Å². The van der Waals surface area contributed by atoms with E-state index in [4.69, 9.17) is 4.74 Å². The van der Waals surface area contributed by atoms with Gasteiger partial charge in [0, 0.05) is 18.5 Å². The van der Waals surface area contributed by atoms with Gasteiger partial charge in [-0.1, -0.05) is 99.1 Å². The molecule has 0 saturated heterocycles. The SMILES string of the molecule is Cc1cccc(CN(C(=O)COc2ccccc2C(C)(C)C)[C@@H](Cc2ccccc2)C(=O)NC(C)(C)C)c1. The van der Waals surface area contributed by atoms with Gasteiger partial charge in [0.05, 0.1) is 0 Å². The fourth-order valence-electron chi connectivity index (χ4n) is 4.45. The summed E-state index contributed by atoms with van der Waals surface area (Å²) in [7, 11) is 0. The Balaban J connectivity index is 1.96. The van der Waals surface area contributed by atoms with Gasteiger partial charge in [0.25, 0.3) is 5.91 Å². The molecule has 0 aliphatic rings. The first-order valence-corrected chi connectivity index (χ1v) is 13.3. The standard InChI is InChI=1S/C33H42N2O3/c1-24-14-13-17-26(20-24)22-35(30(36)23-38-29-19-12-11-18-27(29)32(2,3)4)28(31(37)34-33(5,6)7)21-25-15-9-8-10-16-25/h8-20,28H,21-23H2,1-7H3,(H,34,37)/t28-/m0/s1. The molecule has 5 heteroatoms. The predicted octanol–water partition coefficient (Wildman–Crippen LogP) is 6.23. The third-order valence-corrected chi connectivity index (χ3v) is 6.25. The first-order chi connectivity index (χ1) is 17.8. The molecule has 3 aromatic rings. The molecule has 0 radical (unpaired) electrons. The Bertz CT molecular complexity index is 1220. The molecule has 0 fully saturated rings. The molecule has 3 aromatic carbocycles. The van der Waals surface area contributed by atoms with Gasteiger partial charge in [-0.3, -0.25) is 9.59 Å². The summed E-state index contributed by atoms with van der Waals surface area (Å²) in [5.74, 6) is 0.264. The molecule has 0 unspecified atom stereocenters. The average Bonchev–Trinajstić information content (AvgIpc) is 2.84. The minimum absolute atomic E-state index is 0.136. The number of rotatable bonds is 9. The zero-order valence-corrected chi connectivity index (χ0v) is 23.9. The third-order valence-electron chi connectivity index (χ3n) is 6.25. The van der Waals surface area contributed by atoms with Crippen molar-refractivity contribution in [2.75, 3.05) is 6.61 Å². The van der Waals surface area contributed by atoms with E-state index < -0.39 is 11.6 Å². The molecule has 202 valence electrons. The van der Waals surface area contributed by atoms with E-state index in [0.717, 1.165) is 22.3 Å². The Kier molecular flexibility index (Phi) is 9.37. The molecule has 1 N–H and O–H groups in total. The Morgan fingerprint density at radius 1 is 0.842 bits per heavy atom. The van der Waals surface area contributed by atoms with Crippen molar-refractivity contribution in [3.63, 3.8) is 0 Å². The Morgan fingerprint density at radius 2 is 1.47 bits per heavy atom. The molecular weight excluding hydrogens is 472 g/mol. The van der Waals surface area contributed by atoms with Crippen LogP contribution in [-0.2, 0) is 28.0 Å². The van der Waals surface area contributed by atoms with E-state index in [1.54, 1.807) is 4.90 Å². The molecule has 5 nitrogen and oxygen atoms in total. The zero-order valence-electron chi connectivity index (χ0n) is 23.9. The van der Waals surface area contributed by atoms with Crippen molar-refractivity contribution in [3.05, 3.63) is 101 Å². The summed E-state index contributed by atoms with van der Waals surface area (Å²) in [4.78, 5) is 29.2. The number of amides is 2. The van der Waals surface area contributed by atoms with Crippen LogP contribution in [0.5, 0.6) is 5.75 Å². The Morgan fingerprint density at radius 3 is 2.11 bits per heavy atom. The Hall–Kier alpha value is -3.60. The van der Waals surface area contributed by atoms with E-state index in [0.29, 0.717) is 18.7 Å². The van der Waals surface area contributed by atoms with E-state index in [1.165, 1.54) is 0 Å². The molecule has 0 aromatic heterocycles. The van der Waals surface area contributed by atoms with Crippen LogP contribution in [0.2, 0.25) is 0 Å². The summed E-state index contributed by atoms with van der Waals surface area (Å²) in [6.07, 6.45) is 0.402. The molecular formula is C33H42N2O3. The summed E-state index contributed by atoms with van der Waals surface area (Å²) in [5.41, 5.74) is 3.52. The number of nitrogens with one attached hydrogen (secondary N) is 1. The van der Waals surface area contributed by atoms with E-state index in [-0.39, 0.29) is 23.8 Å². The average molecular weight is 515 g/mol. The van der Waals surface area contributed by atoms with Gasteiger partial charge < -0.3 is 15.0 Å². The van der Waals surface area contributed by atoms with Crippen molar-refractivity contribution in [3.8, 4) is 5.75 Å². The van der Waals surface area contributed by atoms with E-state index in [1.807, 2.05) is 100 Å². The second-order valence-electron chi connectivity index (χ2n) is 12.0. The van der Waals surface area contributed by atoms with Gasteiger partial charge in [0.2, 0.25) is 5.91 Å². The maximum absolute atomic E-state index is 13.9. The summed E-state index contributed by atoms with van der Waals surface area (Å²) in [6, 6.07) is 25.0. The summed E-state index contributed by atoms with van der Waals surface area (Å²) in [6.45, 7) is 14.4. The minimum Gasteiger partial charge on any atom is -0.483 e. The van der Waals surface area contributed by atoms with Gasteiger partial charge in [-0.2, -0.15) is 0 Å². The zero-order chi connectivity index (χ0) is 27.9. The Labute approximate surface area is 228 Å². The molecule has 0 aliphatic carbocycles. The number of para-hydroxylation sites is 1. The number of aryl methyl sites for hydroxylation is 1. The number of carbonyl (C=O) groups is 2. The van der Waals surface area contributed by atoms with Crippen LogP contribution in [0.3, 0.4) is 0 Å².